The van der Waals surface area contributed by atoms with Crippen LogP contribution >= 0.6 is 0 Å². The van der Waals surface area contributed by atoms with E-state index < -0.39 is 0 Å². The molecule has 1 aromatic heterocycles. The molecule has 1 aliphatic heterocycles. The Kier molecular flexibility index (Phi) is 4.77. The predicted molar refractivity (Wildman–Crippen MR) is 80.9 cm³/mol. The Bertz CT molecular complexity index is 511. The van der Waals surface area contributed by atoms with Crippen LogP contribution < -0.4 is 5.32 Å². The maximum absolute atomic E-state index is 12.1. The molecule has 22 heavy (non-hydrogen) atoms. The molecule has 0 aromatic carbocycles. The van der Waals surface area contributed by atoms with Gasteiger partial charge in [0, 0.05) is 32.1 Å². The fraction of sp³-hybridized carbons (Fsp3) is 0.625. The monoisotopic (exact) mass is 305 g/mol. The van der Waals surface area contributed by atoms with Gasteiger partial charge in [-0.25, -0.2) is 0 Å². The third kappa shape index (κ3) is 4.10. The predicted octanol–water partition coefficient (Wildman–Crippen LogP) is 0.840. The van der Waals surface area contributed by atoms with Gasteiger partial charge in [-0.15, -0.1) is 0 Å². The van der Waals surface area contributed by atoms with Gasteiger partial charge in [-0.05, 0) is 31.4 Å². The summed E-state index contributed by atoms with van der Waals surface area (Å²) in [5.41, 5.74) is 0. The lowest BCUT2D eigenvalue weighted by molar-refractivity contribution is -0.132. The van der Waals surface area contributed by atoms with E-state index in [9.17, 15) is 9.59 Å². The smallest absolute Gasteiger partial charge is 0.234 e. The van der Waals surface area contributed by atoms with E-state index in [0.717, 1.165) is 51.2 Å². The van der Waals surface area contributed by atoms with Crippen molar-refractivity contribution < 1.29 is 14.0 Å². The summed E-state index contributed by atoms with van der Waals surface area (Å²) >= 11 is 0. The maximum Gasteiger partial charge on any atom is 0.234 e. The number of carbonyl (C=O) groups excluding carboxylic acids is 2. The summed E-state index contributed by atoms with van der Waals surface area (Å²) in [7, 11) is 0. The first-order valence-electron chi connectivity index (χ1n) is 8.02. The molecule has 1 saturated heterocycles. The lowest BCUT2D eigenvalue weighted by Gasteiger charge is -2.21. The Balaban J connectivity index is 1.40. The van der Waals surface area contributed by atoms with Gasteiger partial charge < -0.3 is 14.6 Å². The van der Waals surface area contributed by atoms with Crippen molar-refractivity contribution in [3.63, 3.8) is 0 Å². The number of hydrogen-bond donors (Lipinski definition) is 1. The first kappa shape index (κ1) is 15.1. The van der Waals surface area contributed by atoms with Crippen LogP contribution in [0.5, 0.6) is 0 Å². The van der Waals surface area contributed by atoms with Crippen molar-refractivity contribution in [2.75, 3.05) is 32.7 Å². The molecule has 0 atom stereocenters. The number of amides is 2. The molecule has 1 saturated carbocycles. The van der Waals surface area contributed by atoms with E-state index in [-0.39, 0.29) is 11.8 Å². The molecule has 1 aromatic rings. The van der Waals surface area contributed by atoms with Gasteiger partial charge in [-0.1, -0.05) is 0 Å². The minimum Gasteiger partial charge on any atom is -0.467 e. The van der Waals surface area contributed by atoms with Gasteiger partial charge >= 0.3 is 0 Å². The van der Waals surface area contributed by atoms with E-state index in [4.69, 9.17) is 4.42 Å². The van der Waals surface area contributed by atoms with E-state index in [0.29, 0.717) is 19.0 Å². The Morgan fingerprint density at radius 2 is 2.09 bits per heavy atom. The molecule has 2 amide bonds. The van der Waals surface area contributed by atoms with Crippen LogP contribution in [0.15, 0.2) is 22.8 Å². The normalized spacial score (nSPS) is 19.7. The van der Waals surface area contributed by atoms with Crippen LogP contribution in [0.1, 0.15) is 25.0 Å². The largest absolute Gasteiger partial charge is 0.467 e. The SMILES string of the molecule is O=C(CN1CCCN(C(=O)C2CC2)CC1)NCc1ccco1. The van der Waals surface area contributed by atoms with Crippen molar-refractivity contribution in [1.82, 2.24) is 15.1 Å². The van der Waals surface area contributed by atoms with Gasteiger partial charge in [-0.3, -0.25) is 14.5 Å². The summed E-state index contributed by atoms with van der Waals surface area (Å²) in [5, 5.41) is 2.86. The van der Waals surface area contributed by atoms with Crippen LogP contribution in [0.3, 0.4) is 0 Å². The quantitative estimate of drug-likeness (QED) is 0.875. The van der Waals surface area contributed by atoms with Gasteiger partial charge in [0.15, 0.2) is 0 Å². The summed E-state index contributed by atoms with van der Waals surface area (Å²) in [6.45, 7) is 3.99. The molecule has 6 heteroatoms. The minimum absolute atomic E-state index is 0.00151. The van der Waals surface area contributed by atoms with Crippen molar-refractivity contribution in [3.8, 4) is 0 Å². The lowest BCUT2D eigenvalue weighted by atomic mass is 10.3. The van der Waals surface area contributed by atoms with Crippen molar-refractivity contribution >= 4 is 11.8 Å². The first-order chi connectivity index (χ1) is 10.7. The molecule has 2 heterocycles. The molecule has 0 spiro atoms. The molecule has 2 aliphatic rings. The molecule has 0 radical (unpaired) electrons. The Labute approximate surface area is 130 Å². The molecule has 1 N–H and O–H groups in total. The zero-order chi connectivity index (χ0) is 15.4. The highest BCUT2D eigenvalue weighted by molar-refractivity contribution is 5.81. The van der Waals surface area contributed by atoms with Crippen LogP contribution in [0.4, 0.5) is 0 Å². The lowest BCUT2D eigenvalue weighted by Crippen LogP contribution is -2.40. The zero-order valence-electron chi connectivity index (χ0n) is 12.8. The number of rotatable bonds is 5. The second kappa shape index (κ2) is 6.96. The van der Waals surface area contributed by atoms with Gasteiger partial charge in [-0.2, -0.15) is 0 Å². The molecule has 0 bridgehead atoms. The fourth-order valence-corrected chi connectivity index (χ4v) is 2.80. The molecule has 2 fully saturated rings. The number of furan rings is 1. The number of hydrogen-bond acceptors (Lipinski definition) is 4. The summed E-state index contributed by atoms with van der Waals surface area (Å²) in [6, 6.07) is 3.65. The highest BCUT2D eigenvalue weighted by Gasteiger charge is 2.33. The Hall–Kier alpha value is -1.82. The second-order valence-corrected chi connectivity index (χ2v) is 6.09. The summed E-state index contributed by atoms with van der Waals surface area (Å²) in [5.74, 6) is 1.34. The topological polar surface area (TPSA) is 65.8 Å². The zero-order valence-corrected chi connectivity index (χ0v) is 12.8. The summed E-state index contributed by atoms with van der Waals surface area (Å²) in [6.07, 6.45) is 4.63. The number of carbonyl (C=O) groups is 2. The average molecular weight is 305 g/mol. The highest BCUT2D eigenvalue weighted by atomic mass is 16.3. The third-order valence-electron chi connectivity index (χ3n) is 4.23. The maximum atomic E-state index is 12.1. The van der Waals surface area contributed by atoms with Gasteiger partial charge in [0.25, 0.3) is 0 Å². The van der Waals surface area contributed by atoms with Gasteiger partial charge in [0.2, 0.25) is 11.8 Å². The first-order valence-corrected chi connectivity index (χ1v) is 8.02. The Morgan fingerprint density at radius 3 is 2.82 bits per heavy atom. The highest BCUT2D eigenvalue weighted by Crippen LogP contribution is 2.31. The number of nitrogens with zero attached hydrogens (tertiary/aromatic N) is 2. The van der Waals surface area contributed by atoms with E-state index in [1.54, 1.807) is 6.26 Å². The summed E-state index contributed by atoms with van der Waals surface area (Å²) < 4.78 is 5.19. The van der Waals surface area contributed by atoms with Crippen molar-refractivity contribution in [1.29, 1.82) is 0 Å². The molecular formula is C16H23N3O3. The molecular weight excluding hydrogens is 282 g/mol. The summed E-state index contributed by atoms with van der Waals surface area (Å²) in [4.78, 5) is 28.2. The van der Waals surface area contributed by atoms with E-state index in [1.807, 2.05) is 17.0 Å². The average Bonchev–Trinajstić information content (AvgIpc) is 3.28. The van der Waals surface area contributed by atoms with Crippen LogP contribution in [0.2, 0.25) is 0 Å². The van der Waals surface area contributed by atoms with Crippen molar-refractivity contribution in [2.24, 2.45) is 5.92 Å². The van der Waals surface area contributed by atoms with Crippen LogP contribution in [0.25, 0.3) is 0 Å². The molecule has 6 nitrogen and oxygen atoms in total. The van der Waals surface area contributed by atoms with E-state index >= 15 is 0 Å². The molecule has 0 unspecified atom stereocenters. The molecule has 3 rings (SSSR count). The standard InChI is InChI=1S/C16H23N3O3/c20-15(17-11-14-3-1-10-22-14)12-18-6-2-7-19(9-8-18)16(21)13-4-5-13/h1,3,10,13H,2,4-9,11-12H2,(H,17,20). The minimum atomic E-state index is -0.00151. The van der Waals surface area contributed by atoms with Gasteiger partial charge in [0.1, 0.15) is 5.76 Å². The van der Waals surface area contributed by atoms with Crippen LogP contribution in [-0.2, 0) is 16.1 Å². The van der Waals surface area contributed by atoms with Crippen LogP contribution in [-0.4, -0.2) is 54.3 Å². The molecule has 1 aliphatic carbocycles. The third-order valence-corrected chi connectivity index (χ3v) is 4.23. The van der Waals surface area contributed by atoms with Gasteiger partial charge in [0.05, 0.1) is 19.4 Å². The van der Waals surface area contributed by atoms with Crippen molar-refractivity contribution in [3.05, 3.63) is 24.2 Å². The second-order valence-electron chi connectivity index (χ2n) is 6.09. The van der Waals surface area contributed by atoms with E-state index in [1.165, 1.54) is 0 Å². The number of nitrogens with one attached hydrogen (secondary N) is 1. The molecule has 120 valence electrons. The van der Waals surface area contributed by atoms with Crippen molar-refractivity contribution in [2.45, 2.75) is 25.8 Å². The Morgan fingerprint density at radius 1 is 1.23 bits per heavy atom. The van der Waals surface area contributed by atoms with E-state index in [2.05, 4.69) is 10.2 Å². The van der Waals surface area contributed by atoms with Crippen LogP contribution in [0, 0.1) is 5.92 Å². The fourth-order valence-electron chi connectivity index (χ4n) is 2.80.